The molecule has 0 atom stereocenters. The molecule has 0 unspecified atom stereocenters. The van der Waals surface area contributed by atoms with E-state index in [2.05, 4.69) is 10.2 Å². The molecule has 0 radical (unpaired) electrons. The van der Waals surface area contributed by atoms with E-state index in [4.69, 9.17) is 5.73 Å². The van der Waals surface area contributed by atoms with Gasteiger partial charge in [-0.25, -0.2) is 0 Å². The number of likely N-dealkylation sites (tertiary alicyclic amines) is 1. The first-order valence-corrected chi connectivity index (χ1v) is 9.53. The first kappa shape index (κ1) is 17.7. The monoisotopic (exact) mass is 309 g/mol. The number of piperidine rings is 1. The minimum atomic E-state index is 0.254. The molecular weight excluding hydrogens is 274 g/mol. The maximum absolute atomic E-state index is 12.0. The zero-order valence-electron chi connectivity index (χ0n) is 14.2. The van der Waals surface area contributed by atoms with Gasteiger partial charge in [0.25, 0.3) is 0 Å². The highest BCUT2D eigenvalue weighted by Crippen LogP contribution is 2.25. The predicted molar refractivity (Wildman–Crippen MR) is 91.8 cm³/mol. The van der Waals surface area contributed by atoms with E-state index in [0.717, 1.165) is 51.1 Å². The van der Waals surface area contributed by atoms with Gasteiger partial charge in [0.1, 0.15) is 0 Å². The highest BCUT2D eigenvalue weighted by atomic mass is 16.1. The van der Waals surface area contributed by atoms with Crippen LogP contribution < -0.4 is 11.1 Å². The quantitative estimate of drug-likeness (QED) is 0.678. The minimum Gasteiger partial charge on any atom is -0.353 e. The molecule has 1 saturated heterocycles. The second kappa shape index (κ2) is 10.2. The Morgan fingerprint density at radius 3 is 2.32 bits per heavy atom. The minimum absolute atomic E-state index is 0.254. The van der Waals surface area contributed by atoms with Crippen LogP contribution in [0.3, 0.4) is 0 Å². The summed E-state index contributed by atoms with van der Waals surface area (Å²) in [5.41, 5.74) is 5.48. The number of carbonyl (C=O) groups excluding carboxylic acids is 1. The fourth-order valence-corrected chi connectivity index (χ4v) is 3.94. The van der Waals surface area contributed by atoms with Gasteiger partial charge >= 0.3 is 0 Å². The fraction of sp³-hybridized carbons (Fsp3) is 0.944. The Balaban J connectivity index is 1.55. The molecule has 2 fully saturated rings. The first-order chi connectivity index (χ1) is 10.8. The van der Waals surface area contributed by atoms with Crippen molar-refractivity contribution in [2.24, 2.45) is 5.73 Å². The van der Waals surface area contributed by atoms with Crippen molar-refractivity contribution in [1.29, 1.82) is 0 Å². The Labute approximate surface area is 136 Å². The van der Waals surface area contributed by atoms with Gasteiger partial charge in [-0.05, 0) is 45.1 Å². The highest BCUT2D eigenvalue weighted by Gasteiger charge is 2.26. The van der Waals surface area contributed by atoms with Crippen molar-refractivity contribution >= 4 is 5.91 Å². The van der Waals surface area contributed by atoms with E-state index in [1.807, 2.05) is 0 Å². The van der Waals surface area contributed by atoms with Crippen molar-refractivity contribution in [3.63, 3.8) is 0 Å². The summed E-state index contributed by atoms with van der Waals surface area (Å²) in [7, 11) is 0. The smallest absolute Gasteiger partial charge is 0.220 e. The third-order valence-electron chi connectivity index (χ3n) is 5.34. The summed E-state index contributed by atoms with van der Waals surface area (Å²) in [6.07, 6.45) is 14.4. The molecule has 1 saturated carbocycles. The number of carbonyl (C=O) groups is 1. The van der Waals surface area contributed by atoms with Gasteiger partial charge in [0.15, 0.2) is 0 Å². The summed E-state index contributed by atoms with van der Waals surface area (Å²) in [5.74, 6) is 0.254. The van der Waals surface area contributed by atoms with Gasteiger partial charge in [0.05, 0.1) is 0 Å². The lowest BCUT2D eigenvalue weighted by Gasteiger charge is -2.39. The van der Waals surface area contributed by atoms with Gasteiger partial charge < -0.3 is 16.0 Å². The molecule has 4 heteroatoms. The van der Waals surface area contributed by atoms with Crippen LogP contribution in [0.4, 0.5) is 0 Å². The summed E-state index contributed by atoms with van der Waals surface area (Å²) >= 11 is 0. The van der Waals surface area contributed by atoms with Crippen LogP contribution in [-0.4, -0.2) is 42.5 Å². The average molecular weight is 309 g/mol. The Hall–Kier alpha value is -0.610. The van der Waals surface area contributed by atoms with Crippen LogP contribution in [0.1, 0.15) is 77.0 Å². The molecule has 2 rings (SSSR count). The molecule has 1 amide bonds. The summed E-state index contributed by atoms with van der Waals surface area (Å²) in [5, 5.41) is 3.24. The zero-order valence-corrected chi connectivity index (χ0v) is 14.2. The SMILES string of the molecule is NCCCCCCC(=O)NC1CCN(C2CCCCC2)CC1. The molecule has 1 aliphatic heterocycles. The number of nitrogens with zero attached hydrogens (tertiary/aromatic N) is 1. The lowest BCUT2D eigenvalue weighted by molar-refractivity contribution is -0.122. The lowest BCUT2D eigenvalue weighted by atomic mass is 9.92. The number of nitrogens with one attached hydrogen (secondary N) is 1. The molecule has 0 bridgehead atoms. The van der Waals surface area contributed by atoms with Gasteiger partial charge in [-0.2, -0.15) is 0 Å². The van der Waals surface area contributed by atoms with Crippen LogP contribution in [0.25, 0.3) is 0 Å². The van der Waals surface area contributed by atoms with E-state index in [1.165, 1.54) is 45.2 Å². The third kappa shape index (κ3) is 6.25. The normalized spacial score (nSPS) is 21.9. The second-order valence-corrected chi connectivity index (χ2v) is 7.12. The second-order valence-electron chi connectivity index (χ2n) is 7.12. The Morgan fingerprint density at radius 2 is 1.64 bits per heavy atom. The Kier molecular flexibility index (Phi) is 8.24. The molecule has 0 aromatic rings. The van der Waals surface area contributed by atoms with Crippen molar-refractivity contribution < 1.29 is 4.79 Å². The van der Waals surface area contributed by atoms with Gasteiger partial charge in [-0.15, -0.1) is 0 Å². The average Bonchev–Trinajstić information content (AvgIpc) is 2.56. The van der Waals surface area contributed by atoms with Crippen LogP contribution in [0, 0.1) is 0 Å². The van der Waals surface area contributed by atoms with Crippen molar-refractivity contribution in [2.45, 2.75) is 89.1 Å². The first-order valence-electron chi connectivity index (χ1n) is 9.53. The lowest BCUT2D eigenvalue weighted by Crippen LogP contribution is -2.48. The summed E-state index contributed by atoms with van der Waals surface area (Å²) < 4.78 is 0. The van der Waals surface area contributed by atoms with Crippen LogP contribution in [-0.2, 0) is 4.79 Å². The molecule has 3 N–H and O–H groups in total. The van der Waals surface area contributed by atoms with Crippen molar-refractivity contribution in [3.8, 4) is 0 Å². The van der Waals surface area contributed by atoms with Crippen molar-refractivity contribution in [2.75, 3.05) is 19.6 Å². The molecule has 22 heavy (non-hydrogen) atoms. The Bertz CT molecular complexity index is 307. The van der Waals surface area contributed by atoms with Crippen LogP contribution in [0.15, 0.2) is 0 Å². The van der Waals surface area contributed by atoms with E-state index in [1.54, 1.807) is 0 Å². The van der Waals surface area contributed by atoms with Crippen molar-refractivity contribution in [3.05, 3.63) is 0 Å². The number of rotatable bonds is 8. The predicted octanol–water partition coefficient (Wildman–Crippen LogP) is 2.81. The number of hydrogen-bond donors (Lipinski definition) is 2. The van der Waals surface area contributed by atoms with E-state index in [9.17, 15) is 4.79 Å². The zero-order chi connectivity index (χ0) is 15.6. The number of amides is 1. The summed E-state index contributed by atoms with van der Waals surface area (Å²) in [6.45, 7) is 3.12. The molecule has 1 heterocycles. The molecular formula is C18H35N3O. The number of hydrogen-bond acceptors (Lipinski definition) is 3. The fourth-order valence-electron chi connectivity index (χ4n) is 3.94. The van der Waals surface area contributed by atoms with Gasteiger partial charge in [-0.1, -0.05) is 32.1 Å². The topological polar surface area (TPSA) is 58.4 Å². The number of unbranched alkanes of at least 4 members (excludes halogenated alkanes) is 3. The molecule has 128 valence electrons. The van der Waals surface area contributed by atoms with E-state index in [0.29, 0.717) is 12.5 Å². The number of nitrogens with two attached hydrogens (primary N) is 1. The third-order valence-corrected chi connectivity index (χ3v) is 5.34. The molecule has 4 nitrogen and oxygen atoms in total. The van der Waals surface area contributed by atoms with E-state index < -0.39 is 0 Å². The summed E-state index contributed by atoms with van der Waals surface area (Å²) in [6, 6.07) is 1.24. The molecule has 0 aromatic heterocycles. The standard InChI is InChI=1S/C18H35N3O/c19-13-7-2-1-6-10-18(22)20-16-11-14-21(15-12-16)17-8-4-3-5-9-17/h16-17H,1-15,19H2,(H,20,22). The molecule has 1 aliphatic carbocycles. The van der Waals surface area contributed by atoms with E-state index >= 15 is 0 Å². The van der Waals surface area contributed by atoms with Gasteiger partial charge in [0, 0.05) is 31.6 Å². The molecule has 2 aliphatic rings. The van der Waals surface area contributed by atoms with Crippen LogP contribution in [0.2, 0.25) is 0 Å². The maximum atomic E-state index is 12.0. The maximum Gasteiger partial charge on any atom is 0.220 e. The largest absolute Gasteiger partial charge is 0.353 e. The van der Waals surface area contributed by atoms with Crippen LogP contribution >= 0.6 is 0 Å². The Morgan fingerprint density at radius 1 is 0.955 bits per heavy atom. The van der Waals surface area contributed by atoms with Crippen LogP contribution in [0.5, 0.6) is 0 Å². The highest BCUT2D eigenvalue weighted by molar-refractivity contribution is 5.76. The van der Waals surface area contributed by atoms with Gasteiger partial charge in [0.2, 0.25) is 5.91 Å². The van der Waals surface area contributed by atoms with Gasteiger partial charge in [-0.3, -0.25) is 4.79 Å². The summed E-state index contributed by atoms with van der Waals surface area (Å²) in [4.78, 5) is 14.7. The van der Waals surface area contributed by atoms with Crippen molar-refractivity contribution in [1.82, 2.24) is 10.2 Å². The molecule has 0 spiro atoms. The van der Waals surface area contributed by atoms with E-state index in [-0.39, 0.29) is 5.91 Å². The molecule has 0 aromatic carbocycles.